The van der Waals surface area contributed by atoms with Gasteiger partial charge in [0.25, 0.3) is 11.8 Å². The van der Waals surface area contributed by atoms with E-state index in [1.54, 1.807) is 6.08 Å². The second-order valence-electron chi connectivity index (χ2n) is 9.78. The number of aromatic hydroxyl groups is 1. The number of benzene rings is 2. The van der Waals surface area contributed by atoms with E-state index in [4.69, 9.17) is 23.2 Å². The highest BCUT2D eigenvalue weighted by molar-refractivity contribution is 6.58. The summed E-state index contributed by atoms with van der Waals surface area (Å²) in [7, 11) is 0. The van der Waals surface area contributed by atoms with Crippen molar-refractivity contribution in [1.82, 2.24) is 5.32 Å². The molecule has 0 unspecified atom stereocenters. The van der Waals surface area contributed by atoms with Crippen molar-refractivity contribution in [3.05, 3.63) is 71.3 Å². The lowest BCUT2D eigenvalue weighted by atomic mass is 9.56. The summed E-state index contributed by atoms with van der Waals surface area (Å²) in [5.41, 5.74) is 0.360. The summed E-state index contributed by atoms with van der Waals surface area (Å²) in [5.74, 6) is -8.86. The van der Waals surface area contributed by atoms with Crippen LogP contribution in [0.4, 0.5) is 14.5 Å². The Hall–Kier alpha value is -3.30. The summed E-state index contributed by atoms with van der Waals surface area (Å²) in [6.07, 6.45) is 1.55. The number of halogens is 4. The first kappa shape index (κ1) is 24.1. The Bertz CT molecular complexity index is 1450. The highest BCUT2D eigenvalue weighted by Gasteiger charge is 2.76. The topological polar surface area (TPSA) is 104 Å². The van der Waals surface area contributed by atoms with Gasteiger partial charge in [0.1, 0.15) is 5.82 Å². The third kappa shape index (κ3) is 2.98. The Balaban J connectivity index is 1.60. The fourth-order valence-electron chi connectivity index (χ4n) is 6.42. The zero-order valence-corrected chi connectivity index (χ0v) is 20.4. The van der Waals surface area contributed by atoms with Crippen LogP contribution in [0.25, 0.3) is 0 Å². The monoisotopic (exact) mass is 546 g/mol. The first-order valence-electron chi connectivity index (χ1n) is 11.5. The smallest absolute Gasteiger partial charge is 0.258 e. The molecule has 37 heavy (non-hydrogen) atoms. The number of carbonyl (C=O) groups is 4. The van der Waals surface area contributed by atoms with Crippen molar-refractivity contribution >= 4 is 52.5 Å². The van der Waals surface area contributed by atoms with Gasteiger partial charge in [-0.2, -0.15) is 0 Å². The Kier molecular flexibility index (Phi) is 5.10. The van der Waals surface area contributed by atoms with Gasteiger partial charge in [0.05, 0.1) is 17.5 Å². The molecule has 4 aliphatic rings. The number of anilines is 1. The molecule has 190 valence electrons. The first-order valence-corrected chi connectivity index (χ1v) is 12.3. The molecule has 3 fully saturated rings. The van der Waals surface area contributed by atoms with E-state index in [0.29, 0.717) is 5.57 Å². The zero-order chi connectivity index (χ0) is 26.4. The number of nitrogens with zero attached hydrogens (tertiary/aromatic N) is 1. The molecule has 0 radical (unpaired) electrons. The minimum atomic E-state index is -2.24. The average Bonchev–Trinajstić information content (AvgIpc) is 3.23. The molecule has 2 aliphatic heterocycles. The summed E-state index contributed by atoms with van der Waals surface area (Å²) in [6, 6.07) is 8.30. The maximum Gasteiger partial charge on any atom is 0.258 e. The minimum Gasteiger partial charge on any atom is -0.505 e. The number of imide groups is 2. The normalized spacial score (nSPS) is 34.6. The summed E-state index contributed by atoms with van der Waals surface area (Å²) in [4.78, 5) is 49.5. The molecule has 0 spiro atoms. The standard InChI is InChI=1S/C26H18Cl2F2N2O5/c27-25-10-16-13(8-9-14-18(16)22(35)31-21(14)34)19(15-2-1-3-17(30)20(15)33)26(25,28)24(37)32(23(25)36)12-6-4-11(29)5-7-12/h1-8,14,16,18-19,33H,9-10H2,(H,31,34,35)/t14-,16+,18-,19+,25+,26-/m0/s1. The van der Waals surface area contributed by atoms with Gasteiger partial charge >= 0.3 is 0 Å². The van der Waals surface area contributed by atoms with Gasteiger partial charge in [0.15, 0.2) is 21.3 Å². The largest absolute Gasteiger partial charge is 0.505 e. The SMILES string of the molecule is O=C1NC(=O)[C@H]2CC=C3[C@@H](C[C@@]4(Cl)C(=O)N(c5ccc(F)cc5)C(=O)[C@@]4(Cl)[C@H]3c3cccc(F)c3O)[C@@H]12. The maximum absolute atomic E-state index is 14.6. The number of rotatable bonds is 2. The van der Waals surface area contributed by atoms with Gasteiger partial charge in [-0.3, -0.25) is 24.5 Å². The van der Waals surface area contributed by atoms with E-state index < -0.39 is 74.4 Å². The molecule has 0 aromatic heterocycles. The van der Waals surface area contributed by atoms with Crippen molar-refractivity contribution in [2.45, 2.75) is 28.5 Å². The van der Waals surface area contributed by atoms with E-state index in [1.807, 2.05) is 0 Å². The van der Waals surface area contributed by atoms with Crippen LogP contribution in [-0.2, 0) is 19.2 Å². The number of hydrogen-bond donors (Lipinski definition) is 2. The molecule has 7 nitrogen and oxygen atoms in total. The van der Waals surface area contributed by atoms with E-state index >= 15 is 0 Å². The van der Waals surface area contributed by atoms with Gasteiger partial charge in [0, 0.05) is 11.5 Å². The number of nitrogens with one attached hydrogen (secondary N) is 1. The first-order chi connectivity index (χ1) is 17.5. The molecule has 6 atom stereocenters. The molecule has 2 aromatic carbocycles. The van der Waals surface area contributed by atoms with Crippen LogP contribution in [-0.4, -0.2) is 38.5 Å². The fourth-order valence-corrected chi connectivity index (χ4v) is 7.35. The van der Waals surface area contributed by atoms with Gasteiger partial charge in [-0.05, 0) is 49.1 Å². The molecule has 11 heteroatoms. The highest BCUT2D eigenvalue weighted by Crippen LogP contribution is 2.66. The Morgan fingerprint density at radius 1 is 0.946 bits per heavy atom. The molecule has 2 aromatic rings. The van der Waals surface area contributed by atoms with Gasteiger partial charge in [-0.25, -0.2) is 13.7 Å². The number of amides is 4. The van der Waals surface area contributed by atoms with Crippen LogP contribution in [0.15, 0.2) is 54.1 Å². The van der Waals surface area contributed by atoms with Crippen LogP contribution in [0.5, 0.6) is 5.75 Å². The van der Waals surface area contributed by atoms with Crippen molar-refractivity contribution in [2.24, 2.45) is 17.8 Å². The van der Waals surface area contributed by atoms with E-state index in [2.05, 4.69) is 5.32 Å². The number of carbonyl (C=O) groups excluding carboxylic acids is 4. The maximum atomic E-state index is 14.6. The quantitative estimate of drug-likeness (QED) is 0.340. The second kappa shape index (κ2) is 7.85. The molecule has 6 rings (SSSR count). The number of alkyl halides is 2. The minimum absolute atomic E-state index is 0.0247. The van der Waals surface area contributed by atoms with E-state index in [-0.39, 0.29) is 24.1 Å². The van der Waals surface area contributed by atoms with Crippen molar-refractivity contribution in [3.8, 4) is 5.75 Å². The molecular weight excluding hydrogens is 529 g/mol. The summed E-state index contributed by atoms with van der Waals surface area (Å²) in [6.45, 7) is 0. The average molecular weight is 547 g/mol. The molecule has 0 bridgehead atoms. The van der Waals surface area contributed by atoms with Gasteiger partial charge in [-0.1, -0.05) is 23.8 Å². The van der Waals surface area contributed by atoms with Crippen molar-refractivity contribution in [2.75, 3.05) is 4.90 Å². The van der Waals surface area contributed by atoms with Crippen LogP contribution >= 0.6 is 23.2 Å². The van der Waals surface area contributed by atoms with Crippen LogP contribution < -0.4 is 10.2 Å². The predicted molar refractivity (Wildman–Crippen MR) is 128 cm³/mol. The van der Waals surface area contributed by atoms with Crippen LogP contribution in [0, 0.1) is 29.4 Å². The van der Waals surface area contributed by atoms with E-state index in [0.717, 1.165) is 23.1 Å². The highest BCUT2D eigenvalue weighted by atomic mass is 35.5. The lowest BCUT2D eigenvalue weighted by Crippen LogP contribution is -2.60. The fraction of sp³-hybridized carbons (Fsp3) is 0.308. The zero-order valence-electron chi connectivity index (χ0n) is 18.9. The van der Waals surface area contributed by atoms with Gasteiger partial charge in [0.2, 0.25) is 11.8 Å². The Morgan fingerprint density at radius 3 is 2.35 bits per heavy atom. The second-order valence-corrected chi connectivity index (χ2v) is 11.0. The number of fused-ring (bicyclic) bond motifs is 4. The van der Waals surface area contributed by atoms with Crippen molar-refractivity contribution in [3.63, 3.8) is 0 Å². The van der Waals surface area contributed by atoms with Crippen LogP contribution in [0.2, 0.25) is 0 Å². The lowest BCUT2D eigenvalue weighted by Gasteiger charge is -2.50. The van der Waals surface area contributed by atoms with Crippen molar-refractivity contribution in [1.29, 1.82) is 0 Å². The number of phenolic OH excluding ortho intramolecular Hbond substituents is 1. The number of para-hydroxylation sites is 1. The van der Waals surface area contributed by atoms with Gasteiger partial charge < -0.3 is 5.11 Å². The molecule has 1 saturated carbocycles. The van der Waals surface area contributed by atoms with E-state index in [1.165, 1.54) is 24.3 Å². The number of phenols is 1. The van der Waals surface area contributed by atoms with Gasteiger partial charge in [-0.15, -0.1) is 23.2 Å². The van der Waals surface area contributed by atoms with E-state index in [9.17, 15) is 33.1 Å². The molecule has 4 amide bonds. The molecule has 2 saturated heterocycles. The summed E-state index contributed by atoms with van der Waals surface area (Å²) in [5, 5.41) is 13.0. The third-order valence-electron chi connectivity index (χ3n) is 8.07. The third-order valence-corrected chi connectivity index (χ3v) is 9.48. The number of hydrogen-bond acceptors (Lipinski definition) is 5. The number of allylic oxidation sites excluding steroid dienone is 2. The van der Waals surface area contributed by atoms with Crippen LogP contribution in [0.1, 0.15) is 24.3 Å². The molecular formula is C26H18Cl2F2N2O5. The summed E-state index contributed by atoms with van der Waals surface area (Å²) < 4.78 is 28.1. The molecule has 2 heterocycles. The van der Waals surface area contributed by atoms with Crippen molar-refractivity contribution < 1.29 is 33.1 Å². The molecule has 2 N–H and O–H groups in total. The molecule has 2 aliphatic carbocycles. The predicted octanol–water partition coefficient (Wildman–Crippen LogP) is 3.52. The summed E-state index contributed by atoms with van der Waals surface area (Å²) >= 11 is 14.2. The lowest BCUT2D eigenvalue weighted by molar-refractivity contribution is -0.127. The Labute approximate surface area is 219 Å². The Morgan fingerprint density at radius 2 is 1.65 bits per heavy atom. The van der Waals surface area contributed by atoms with Crippen LogP contribution in [0.3, 0.4) is 0 Å².